The Morgan fingerprint density at radius 3 is 2.58 bits per heavy atom. The summed E-state index contributed by atoms with van der Waals surface area (Å²) in [5, 5.41) is 2.63. The van der Waals surface area contributed by atoms with Crippen LogP contribution in [0.4, 0.5) is 4.39 Å². The van der Waals surface area contributed by atoms with E-state index in [0.717, 1.165) is 18.6 Å². The van der Waals surface area contributed by atoms with E-state index in [1.54, 1.807) is 0 Å². The van der Waals surface area contributed by atoms with Gasteiger partial charge in [-0.15, -0.1) is 0 Å². The zero-order valence-corrected chi connectivity index (χ0v) is 12.9. The zero-order valence-electron chi connectivity index (χ0n) is 9.78. The van der Waals surface area contributed by atoms with Crippen LogP contribution in [0.1, 0.15) is 23.7 Å². The van der Waals surface area contributed by atoms with Crippen molar-refractivity contribution in [1.29, 1.82) is 0 Å². The largest absolute Gasteiger partial charge is 0.349 e. The summed E-state index contributed by atoms with van der Waals surface area (Å²) in [4.78, 5) is 11.5. The first-order valence-corrected chi connectivity index (χ1v) is 8.55. The minimum Gasteiger partial charge on any atom is -0.349 e. The fraction of sp³-hybridized carbons (Fsp3) is 0.364. The molecule has 0 bridgehead atoms. The Bertz CT molecular complexity index is 650. The van der Waals surface area contributed by atoms with E-state index in [4.69, 9.17) is 10.7 Å². The van der Waals surface area contributed by atoms with E-state index >= 15 is 0 Å². The topological polar surface area (TPSA) is 63.2 Å². The fourth-order valence-corrected chi connectivity index (χ4v) is 3.83. The summed E-state index contributed by atoms with van der Waals surface area (Å²) in [5.74, 6) is -1.08. The van der Waals surface area contributed by atoms with Crippen LogP contribution in [-0.4, -0.2) is 20.4 Å². The summed E-state index contributed by atoms with van der Waals surface area (Å²) in [7, 11) is 1.17. The van der Waals surface area contributed by atoms with Crippen LogP contribution in [0.15, 0.2) is 21.5 Å². The van der Waals surface area contributed by atoms with Crippen molar-refractivity contribution in [3.05, 3.63) is 28.0 Å². The molecule has 0 spiro atoms. The van der Waals surface area contributed by atoms with Gasteiger partial charge >= 0.3 is 0 Å². The third-order valence-electron chi connectivity index (χ3n) is 2.95. The van der Waals surface area contributed by atoms with Crippen molar-refractivity contribution in [3.8, 4) is 0 Å². The van der Waals surface area contributed by atoms with Crippen LogP contribution in [0, 0.1) is 11.7 Å². The molecular formula is C11H10BrClFNO3S. The SMILES string of the molecule is CC1CC1NC(=O)c1cc(S(=O)(=O)Cl)c(Br)cc1F. The lowest BCUT2D eigenvalue weighted by molar-refractivity contribution is 0.0945. The molecule has 104 valence electrons. The van der Waals surface area contributed by atoms with Gasteiger partial charge in [0.2, 0.25) is 0 Å². The molecule has 1 aromatic carbocycles. The van der Waals surface area contributed by atoms with Gasteiger partial charge in [-0.3, -0.25) is 4.79 Å². The molecule has 4 nitrogen and oxygen atoms in total. The second kappa shape index (κ2) is 5.03. The molecule has 1 aliphatic rings. The van der Waals surface area contributed by atoms with Crippen LogP contribution >= 0.6 is 26.6 Å². The van der Waals surface area contributed by atoms with Crippen LogP contribution in [0.5, 0.6) is 0 Å². The Labute approximate surface area is 122 Å². The molecular weight excluding hydrogens is 361 g/mol. The van der Waals surface area contributed by atoms with Crippen LogP contribution in [0.25, 0.3) is 0 Å². The predicted octanol–water partition coefficient (Wildman–Crippen LogP) is 2.65. The van der Waals surface area contributed by atoms with Gasteiger partial charge in [0, 0.05) is 21.2 Å². The molecule has 2 unspecified atom stereocenters. The Balaban J connectivity index is 2.37. The molecule has 1 N–H and O–H groups in total. The van der Waals surface area contributed by atoms with Crippen LogP contribution in [0.2, 0.25) is 0 Å². The number of hydrogen-bond acceptors (Lipinski definition) is 3. The quantitative estimate of drug-likeness (QED) is 0.832. The van der Waals surface area contributed by atoms with Gasteiger partial charge in [-0.2, -0.15) is 0 Å². The summed E-state index contributed by atoms with van der Waals surface area (Å²) in [6, 6.07) is 1.87. The molecule has 2 rings (SSSR count). The second-order valence-electron chi connectivity index (χ2n) is 4.49. The Morgan fingerprint density at radius 1 is 1.53 bits per heavy atom. The van der Waals surface area contributed by atoms with E-state index in [2.05, 4.69) is 21.2 Å². The average molecular weight is 371 g/mol. The van der Waals surface area contributed by atoms with Crippen LogP contribution in [-0.2, 0) is 9.05 Å². The van der Waals surface area contributed by atoms with Gasteiger partial charge in [-0.25, -0.2) is 12.8 Å². The van der Waals surface area contributed by atoms with Crippen molar-refractivity contribution < 1.29 is 17.6 Å². The highest BCUT2D eigenvalue weighted by atomic mass is 79.9. The summed E-state index contributed by atoms with van der Waals surface area (Å²) >= 11 is 2.90. The lowest BCUT2D eigenvalue weighted by atomic mass is 10.2. The van der Waals surface area contributed by atoms with E-state index in [0.29, 0.717) is 5.92 Å². The highest BCUT2D eigenvalue weighted by molar-refractivity contribution is 9.10. The van der Waals surface area contributed by atoms with E-state index in [1.165, 1.54) is 0 Å². The van der Waals surface area contributed by atoms with Gasteiger partial charge in [0.1, 0.15) is 5.82 Å². The number of halogens is 3. The molecule has 0 aliphatic heterocycles. The van der Waals surface area contributed by atoms with Gasteiger partial charge in [0.05, 0.1) is 10.5 Å². The summed E-state index contributed by atoms with van der Waals surface area (Å²) in [6.07, 6.45) is 0.838. The van der Waals surface area contributed by atoms with E-state index in [-0.39, 0.29) is 21.0 Å². The standard InChI is InChI=1S/C11H10BrClFNO3S/c1-5-2-9(5)15-11(16)6-3-10(19(13,17)18)7(12)4-8(6)14/h3-5,9H,2H2,1H3,(H,15,16). The minimum absolute atomic E-state index is 0.0173. The van der Waals surface area contributed by atoms with E-state index in [1.807, 2.05) is 6.92 Å². The lowest BCUT2D eigenvalue weighted by Crippen LogP contribution is -2.27. The highest BCUT2D eigenvalue weighted by Crippen LogP contribution is 2.31. The minimum atomic E-state index is -4.05. The first-order chi connectivity index (χ1) is 8.70. The average Bonchev–Trinajstić information content (AvgIpc) is 2.91. The predicted molar refractivity (Wildman–Crippen MR) is 72.2 cm³/mol. The zero-order chi connectivity index (χ0) is 14.4. The molecule has 0 radical (unpaired) electrons. The monoisotopic (exact) mass is 369 g/mol. The normalized spacial score (nSPS) is 22.1. The van der Waals surface area contributed by atoms with Gasteiger partial charge < -0.3 is 5.32 Å². The maximum Gasteiger partial charge on any atom is 0.262 e. The molecule has 2 atom stereocenters. The van der Waals surface area contributed by atoms with Gasteiger partial charge in [-0.05, 0) is 40.4 Å². The van der Waals surface area contributed by atoms with Crippen molar-refractivity contribution in [2.24, 2.45) is 5.92 Å². The van der Waals surface area contributed by atoms with Crippen molar-refractivity contribution in [1.82, 2.24) is 5.32 Å². The summed E-state index contributed by atoms with van der Waals surface area (Å²) in [5.41, 5.74) is -0.332. The molecule has 1 aromatic rings. The smallest absolute Gasteiger partial charge is 0.262 e. The molecule has 0 heterocycles. The fourth-order valence-electron chi connectivity index (χ4n) is 1.66. The Morgan fingerprint density at radius 2 is 2.11 bits per heavy atom. The first kappa shape index (κ1) is 14.7. The van der Waals surface area contributed by atoms with Gasteiger partial charge in [0.15, 0.2) is 0 Å². The van der Waals surface area contributed by atoms with Gasteiger partial charge in [-0.1, -0.05) is 6.92 Å². The molecule has 1 saturated carbocycles. The highest BCUT2D eigenvalue weighted by Gasteiger charge is 2.34. The summed E-state index contributed by atoms with van der Waals surface area (Å²) < 4.78 is 36.3. The first-order valence-electron chi connectivity index (χ1n) is 5.44. The number of rotatable bonds is 3. The molecule has 0 saturated heterocycles. The number of carbonyl (C=O) groups excluding carboxylic acids is 1. The number of amides is 1. The maximum atomic E-state index is 13.7. The maximum absolute atomic E-state index is 13.7. The van der Waals surface area contributed by atoms with E-state index in [9.17, 15) is 17.6 Å². The Kier molecular flexibility index (Phi) is 3.90. The van der Waals surface area contributed by atoms with Crippen molar-refractivity contribution >= 4 is 41.6 Å². The van der Waals surface area contributed by atoms with Crippen molar-refractivity contribution in [3.63, 3.8) is 0 Å². The lowest BCUT2D eigenvalue weighted by Gasteiger charge is -2.08. The number of nitrogens with one attached hydrogen (secondary N) is 1. The third kappa shape index (κ3) is 3.27. The van der Waals surface area contributed by atoms with Crippen LogP contribution < -0.4 is 5.32 Å². The molecule has 1 aliphatic carbocycles. The van der Waals surface area contributed by atoms with Crippen LogP contribution in [0.3, 0.4) is 0 Å². The summed E-state index contributed by atoms with van der Waals surface area (Å²) in [6.45, 7) is 1.96. The molecule has 19 heavy (non-hydrogen) atoms. The van der Waals surface area contributed by atoms with E-state index < -0.39 is 20.8 Å². The number of hydrogen-bond donors (Lipinski definition) is 1. The Hall–Kier alpha value is -0.660. The van der Waals surface area contributed by atoms with Crippen molar-refractivity contribution in [2.75, 3.05) is 0 Å². The van der Waals surface area contributed by atoms with Gasteiger partial charge in [0.25, 0.3) is 15.0 Å². The molecule has 1 amide bonds. The number of carbonyl (C=O) groups is 1. The number of benzene rings is 1. The molecule has 0 aromatic heterocycles. The second-order valence-corrected chi connectivity index (χ2v) is 7.88. The van der Waals surface area contributed by atoms with Crippen molar-refractivity contribution in [2.45, 2.75) is 24.3 Å². The molecule has 8 heteroatoms. The third-order valence-corrected chi connectivity index (χ3v) is 5.24. The molecule has 1 fully saturated rings.